The number of thiocarbonyl (C=S) groups is 1. The molecule has 1 aromatic carbocycles. The Hall–Kier alpha value is -2.34. The van der Waals surface area contributed by atoms with Crippen LogP contribution >= 0.6 is 12.2 Å². The molecule has 0 spiro atoms. The van der Waals surface area contributed by atoms with Crippen LogP contribution in [-0.4, -0.2) is 17.6 Å². The van der Waals surface area contributed by atoms with E-state index in [2.05, 4.69) is 22.8 Å². The number of aryl methyl sites for hydroxylation is 2. The number of ether oxygens (including phenoxy) is 1. The SMILES string of the molecule is Cc1ccc(C)c(OCCCC(C)(C)C(=O)NC(=S)NCc2ccco2)c1. The van der Waals surface area contributed by atoms with Crippen LogP contribution in [0, 0.1) is 19.3 Å². The monoisotopic (exact) mass is 388 g/mol. The summed E-state index contributed by atoms with van der Waals surface area (Å²) >= 11 is 5.19. The van der Waals surface area contributed by atoms with E-state index >= 15 is 0 Å². The summed E-state index contributed by atoms with van der Waals surface area (Å²) in [4.78, 5) is 12.5. The van der Waals surface area contributed by atoms with Crippen molar-refractivity contribution in [2.75, 3.05) is 6.61 Å². The van der Waals surface area contributed by atoms with Crippen LogP contribution in [-0.2, 0) is 11.3 Å². The number of hydrogen-bond acceptors (Lipinski definition) is 4. The Kier molecular flexibility index (Phi) is 7.42. The highest BCUT2D eigenvalue weighted by molar-refractivity contribution is 7.80. The molecule has 6 heteroatoms. The lowest BCUT2D eigenvalue weighted by Crippen LogP contribution is -2.45. The molecule has 0 atom stereocenters. The van der Waals surface area contributed by atoms with Gasteiger partial charge in [-0.15, -0.1) is 0 Å². The Morgan fingerprint density at radius 3 is 2.74 bits per heavy atom. The van der Waals surface area contributed by atoms with Crippen LogP contribution in [0.3, 0.4) is 0 Å². The minimum atomic E-state index is -0.540. The minimum absolute atomic E-state index is 0.105. The summed E-state index contributed by atoms with van der Waals surface area (Å²) in [6.45, 7) is 8.91. The van der Waals surface area contributed by atoms with Crippen LogP contribution in [0.2, 0.25) is 0 Å². The highest BCUT2D eigenvalue weighted by Crippen LogP contribution is 2.24. The minimum Gasteiger partial charge on any atom is -0.493 e. The quantitative estimate of drug-likeness (QED) is 0.522. The van der Waals surface area contributed by atoms with Gasteiger partial charge in [0, 0.05) is 5.41 Å². The fourth-order valence-corrected chi connectivity index (χ4v) is 2.73. The first-order chi connectivity index (χ1) is 12.8. The van der Waals surface area contributed by atoms with E-state index in [-0.39, 0.29) is 5.91 Å². The van der Waals surface area contributed by atoms with Gasteiger partial charge < -0.3 is 19.8 Å². The Morgan fingerprint density at radius 1 is 1.26 bits per heavy atom. The molecule has 0 radical (unpaired) electrons. The van der Waals surface area contributed by atoms with Crippen LogP contribution in [0.15, 0.2) is 41.0 Å². The summed E-state index contributed by atoms with van der Waals surface area (Å²) in [6, 6.07) is 9.81. The Morgan fingerprint density at radius 2 is 2.04 bits per heavy atom. The predicted molar refractivity (Wildman–Crippen MR) is 111 cm³/mol. The number of carbonyl (C=O) groups is 1. The van der Waals surface area contributed by atoms with Gasteiger partial charge in [-0.2, -0.15) is 0 Å². The van der Waals surface area contributed by atoms with E-state index in [1.807, 2.05) is 45.9 Å². The van der Waals surface area contributed by atoms with Gasteiger partial charge in [0.05, 0.1) is 19.4 Å². The third-order valence-corrected chi connectivity index (χ3v) is 4.64. The number of carbonyl (C=O) groups excluding carboxylic acids is 1. The molecule has 0 aliphatic carbocycles. The summed E-state index contributed by atoms with van der Waals surface area (Å²) < 4.78 is 11.1. The van der Waals surface area contributed by atoms with Crippen LogP contribution < -0.4 is 15.4 Å². The van der Waals surface area contributed by atoms with Gasteiger partial charge in [-0.1, -0.05) is 26.0 Å². The predicted octanol–water partition coefficient (Wildman–Crippen LogP) is 4.27. The molecule has 1 heterocycles. The van der Waals surface area contributed by atoms with E-state index in [4.69, 9.17) is 21.4 Å². The normalized spacial score (nSPS) is 11.1. The molecule has 0 fully saturated rings. The second-order valence-corrected chi connectivity index (χ2v) is 7.73. The van der Waals surface area contributed by atoms with Gasteiger partial charge >= 0.3 is 0 Å². The van der Waals surface area contributed by atoms with E-state index in [1.165, 1.54) is 5.56 Å². The van der Waals surface area contributed by atoms with Crippen molar-refractivity contribution in [3.05, 3.63) is 53.5 Å². The lowest BCUT2D eigenvalue weighted by molar-refractivity contribution is -0.128. The first-order valence-electron chi connectivity index (χ1n) is 9.09. The van der Waals surface area contributed by atoms with E-state index in [0.717, 1.165) is 23.5 Å². The second-order valence-electron chi connectivity index (χ2n) is 7.32. The van der Waals surface area contributed by atoms with Gasteiger partial charge in [0.25, 0.3) is 0 Å². The van der Waals surface area contributed by atoms with E-state index < -0.39 is 5.41 Å². The number of benzene rings is 1. The van der Waals surface area contributed by atoms with E-state index in [9.17, 15) is 4.79 Å². The lowest BCUT2D eigenvalue weighted by Gasteiger charge is -2.24. The lowest BCUT2D eigenvalue weighted by atomic mass is 9.87. The molecule has 146 valence electrons. The van der Waals surface area contributed by atoms with Crippen molar-refractivity contribution in [2.45, 2.75) is 47.1 Å². The fourth-order valence-electron chi connectivity index (χ4n) is 2.57. The molecule has 0 aliphatic heterocycles. The number of rotatable bonds is 8. The van der Waals surface area contributed by atoms with Crippen molar-refractivity contribution in [3.63, 3.8) is 0 Å². The molecule has 2 rings (SSSR count). The summed E-state index contributed by atoms with van der Waals surface area (Å²) in [6.07, 6.45) is 3.08. The fraction of sp³-hybridized carbons (Fsp3) is 0.429. The highest BCUT2D eigenvalue weighted by Gasteiger charge is 2.27. The molecule has 0 unspecified atom stereocenters. The van der Waals surface area contributed by atoms with E-state index in [1.54, 1.807) is 6.26 Å². The first-order valence-corrected chi connectivity index (χ1v) is 9.50. The number of amides is 1. The van der Waals surface area contributed by atoms with Crippen LogP contribution in [0.25, 0.3) is 0 Å². The summed E-state index contributed by atoms with van der Waals surface area (Å²) in [7, 11) is 0. The molecule has 5 nitrogen and oxygen atoms in total. The zero-order valence-electron chi connectivity index (χ0n) is 16.4. The van der Waals surface area contributed by atoms with Crippen molar-refractivity contribution in [2.24, 2.45) is 5.41 Å². The summed E-state index contributed by atoms with van der Waals surface area (Å²) in [5, 5.41) is 6.03. The molecule has 0 aliphatic rings. The zero-order chi connectivity index (χ0) is 19.9. The number of hydrogen-bond donors (Lipinski definition) is 2. The Bertz CT molecular complexity index is 770. The standard InChI is InChI=1S/C21H28N2O3S/c1-15-8-9-16(2)18(13-15)26-12-6-10-21(3,4)19(24)23-20(27)22-14-17-7-5-11-25-17/h5,7-9,11,13H,6,10,12,14H2,1-4H3,(H2,22,23,24,27). The van der Waals surface area contributed by atoms with Gasteiger partial charge in [0.1, 0.15) is 11.5 Å². The zero-order valence-corrected chi connectivity index (χ0v) is 17.2. The second kappa shape index (κ2) is 9.55. The van der Waals surface area contributed by atoms with Gasteiger partial charge in [0.2, 0.25) is 5.91 Å². The third kappa shape index (κ3) is 6.71. The maximum atomic E-state index is 12.5. The summed E-state index contributed by atoms with van der Waals surface area (Å²) in [5.74, 6) is 1.56. The first kappa shape index (κ1) is 21.0. The molecule has 1 amide bonds. The van der Waals surface area contributed by atoms with Gasteiger partial charge in [-0.25, -0.2) is 0 Å². The molecule has 27 heavy (non-hydrogen) atoms. The maximum absolute atomic E-state index is 12.5. The number of furan rings is 1. The van der Waals surface area contributed by atoms with Gasteiger partial charge in [0.15, 0.2) is 5.11 Å². The molecular formula is C21H28N2O3S. The average molecular weight is 389 g/mol. The molecule has 0 saturated heterocycles. The molecule has 1 aromatic heterocycles. The Labute approximate surface area is 166 Å². The molecular weight excluding hydrogens is 360 g/mol. The summed E-state index contributed by atoms with van der Waals surface area (Å²) in [5.41, 5.74) is 1.75. The third-order valence-electron chi connectivity index (χ3n) is 4.39. The van der Waals surface area contributed by atoms with Crippen LogP contribution in [0.1, 0.15) is 43.6 Å². The van der Waals surface area contributed by atoms with Crippen molar-refractivity contribution in [3.8, 4) is 5.75 Å². The van der Waals surface area contributed by atoms with Crippen molar-refractivity contribution in [1.82, 2.24) is 10.6 Å². The van der Waals surface area contributed by atoms with Gasteiger partial charge in [-0.05, 0) is 68.2 Å². The topological polar surface area (TPSA) is 63.5 Å². The molecule has 0 bridgehead atoms. The average Bonchev–Trinajstić information content (AvgIpc) is 3.13. The van der Waals surface area contributed by atoms with Crippen LogP contribution in [0.4, 0.5) is 0 Å². The van der Waals surface area contributed by atoms with Crippen LogP contribution in [0.5, 0.6) is 5.75 Å². The smallest absolute Gasteiger partial charge is 0.231 e. The largest absolute Gasteiger partial charge is 0.493 e. The highest BCUT2D eigenvalue weighted by atomic mass is 32.1. The maximum Gasteiger partial charge on any atom is 0.231 e. The van der Waals surface area contributed by atoms with Crippen molar-refractivity contribution >= 4 is 23.2 Å². The van der Waals surface area contributed by atoms with E-state index in [0.29, 0.717) is 24.7 Å². The van der Waals surface area contributed by atoms with Crippen molar-refractivity contribution in [1.29, 1.82) is 0 Å². The van der Waals surface area contributed by atoms with Crippen molar-refractivity contribution < 1.29 is 13.9 Å². The number of nitrogens with one attached hydrogen (secondary N) is 2. The molecule has 2 N–H and O–H groups in total. The molecule has 0 saturated carbocycles. The Balaban J connectivity index is 1.73. The molecule has 2 aromatic rings. The van der Waals surface area contributed by atoms with Gasteiger partial charge in [-0.3, -0.25) is 4.79 Å².